The van der Waals surface area contributed by atoms with Crippen LogP contribution in [0.3, 0.4) is 0 Å². The summed E-state index contributed by atoms with van der Waals surface area (Å²) in [6.45, 7) is 8.13. The maximum absolute atomic E-state index is 13.9. The number of hydrogen-bond acceptors (Lipinski definition) is 3. The van der Waals surface area contributed by atoms with Crippen molar-refractivity contribution in [1.82, 2.24) is 10.2 Å². The standard InChI is InChI=1S/C14H21FN2O/c1-9-8-17(10(2)7-16-9)11(3)13-5-4-12(18)6-14(13)15/h4-6,9-11,16,18H,7-8H2,1-3H3. The Balaban J connectivity index is 2.21. The highest BCUT2D eigenvalue weighted by atomic mass is 19.1. The molecule has 1 saturated heterocycles. The quantitative estimate of drug-likeness (QED) is 0.847. The molecule has 4 heteroatoms. The minimum Gasteiger partial charge on any atom is -0.508 e. The fraction of sp³-hybridized carbons (Fsp3) is 0.571. The highest BCUT2D eigenvalue weighted by Crippen LogP contribution is 2.28. The van der Waals surface area contributed by atoms with Crippen LogP contribution >= 0.6 is 0 Å². The maximum atomic E-state index is 13.9. The van der Waals surface area contributed by atoms with E-state index >= 15 is 0 Å². The summed E-state index contributed by atoms with van der Waals surface area (Å²) in [6, 6.07) is 5.22. The Kier molecular flexibility index (Phi) is 3.88. The first kappa shape index (κ1) is 13.3. The Morgan fingerprint density at radius 2 is 2.17 bits per heavy atom. The molecule has 3 atom stereocenters. The lowest BCUT2D eigenvalue weighted by molar-refractivity contribution is 0.101. The Labute approximate surface area is 108 Å². The molecule has 18 heavy (non-hydrogen) atoms. The van der Waals surface area contributed by atoms with Gasteiger partial charge in [0.2, 0.25) is 0 Å². The van der Waals surface area contributed by atoms with Crippen LogP contribution in [0, 0.1) is 5.82 Å². The molecule has 0 aliphatic carbocycles. The molecule has 1 aromatic carbocycles. The molecule has 1 heterocycles. The van der Waals surface area contributed by atoms with Gasteiger partial charge in [0, 0.05) is 42.8 Å². The van der Waals surface area contributed by atoms with Gasteiger partial charge in [0.15, 0.2) is 0 Å². The van der Waals surface area contributed by atoms with Crippen molar-refractivity contribution in [2.45, 2.75) is 38.9 Å². The summed E-state index contributed by atoms with van der Waals surface area (Å²) in [7, 11) is 0. The van der Waals surface area contributed by atoms with Gasteiger partial charge in [-0.05, 0) is 26.8 Å². The number of rotatable bonds is 2. The van der Waals surface area contributed by atoms with E-state index < -0.39 is 0 Å². The van der Waals surface area contributed by atoms with Gasteiger partial charge in [-0.25, -0.2) is 4.39 Å². The summed E-state index contributed by atoms with van der Waals surface area (Å²) >= 11 is 0. The summed E-state index contributed by atoms with van der Waals surface area (Å²) in [5.41, 5.74) is 0.647. The minimum atomic E-state index is -0.333. The number of nitrogens with zero attached hydrogens (tertiary/aromatic N) is 1. The van der Waals surface area contributed by atoms with Crippen LogP contribution in [0.15, 0.2) is 18.2 Å². The average Bonchev–Trinajstić information content (AvgIpc) is 2.31. The molecule has 2 N–H and O–H groups in total. The molecule has 0 amide bonds. The number of halogens is 1. The molecule has 1 aliphatic rings. The SMILES string of the molecule is CC1CN(C(C)c2ccc(O)cc2F)C(C)CN1. The Morgan fingerprint density at radius 1 is 1.44 bits per heavy atom. The second-order valence-electron chi connectivity index (χ2n) is 5.24. The van der Waals surface area contributed by atoms with Crippen molar-refractivity contribution in [2.24, 2.45) is 0 Å². The first-order valence-corrected chi connectivity index (χ1v) is 6.46. The minimum absolute atomic E-state index is 0.0187. The van der Waals surface area contributed by atoms with E-state index in [4.69, 9.17) is 0 Å². The third-order valence-electron chi connectivity index (χ3n) is 3.74. The summed E-state index contributed by atoms with van der Waals surface area (Å²) in [4.78, 5) is 2.30. The van der Waals surface area contributed by atoms with Crippen LogP contribution in [0.5, 0.6) is 5.75 Å². The zero-order valence-electron chi connectivity index (χ0n) is 11.2. The van der Waals surface area contributed by atoms with Crippen LogP contribution in [0.1, 0.15) is 32.4 Å². The number of benzene rings is 1. The van der Waals surface area contributed by atoms with E-state index in [-0.39, 0.29) is 17.6 Å². The Bertz CT molecular complexity index is 424. The third kappa shape index (κ3) is 2.65. The van der Waals surface area contributed by atoms with Gasteiger partial charge in [-0.3, -0.25) is 4.90 Å². The highest BCUT2D eigenvalue weighted by Gasteiger charge is 2.28. The van der Waals surface area contributed by atoms with Crippen molar-refractivity contribution < 1.29 is 9.50 Å². The van der Waals surface area contributed by atoms with Gasteiger partial charge in [-0.1, -0.05) is 6.07 Å². The van der Waals surface area contributed by atoms with Gasteiger partial charge in [0.1, 0.15) is 11.6 Å². The molecular weight excluding hydrogens is 231 g/mol. The molecule has 0 saturated carbocycles. The van der Waals surface area contributed by atoms with E-state index in [0.717, 1.165) is 13.1 Å². The van der Waals surface area contributed by atoms with Crippen molar-refractivity contribution in [3.63, 3.8) is 0 Å². The van der Waals surface area contributed by atoms with E-state index in [1.807, 2.05) is 6.92 Å². The van der Waals surface area contributed by atoms with E-state index in [2.05, 4.69) is 24.1 Å². The smallest absolute Gasteiger partial charge is 0.131 e. The molecule has 1 aliphatic heterocycles. The first-order valence-electron chi connectivity index (χ1n) is 6.46. The van der Waals surface area contributed by atoms with Gasteiger partial charge in [-0.2, -0.15) is 0 Å². The summed E-state index contributed by atoms with van der Waals surface area (Å²) in [5.74, 6) is -0.355. The average molecular weight is 252 g/mol. The number of phenolic OH excluding ortho intramolecular Hbond substituents is 1. The van der Waals surface area contributed by atoms with Gasteiger partial charge in [-0.15, -0.1) is 0 Å². The van der Waals surface area contributed by atoms with Crippen LogP contribution < -0.4 is 5.32 Å². The predicted octanol–water partition coefficient (Wildman–Crippen LogP) is 2.27. The van der Waals surface area contributed by atoms with E-state index in [0.29, 0.717) is 17.6 Å². The molecule has 1 fully saturated rings. The van der Waals surface area contributed by atoms with Crippen molar-refractivity contribution in [3.8, 4) is 5.75 Å². The molecule has 0 aromatic heterocycles. The molecule has 0 spiro atoms. The Hall–Kier alpha value is -1.13. The van der Waals surface area contributed by atoms with Crippen LogP contribution in [-0.2, 0) is 0 Å². The van der Waals surface area contributed by atoms with Crippen LogP contribution in [-0.4, -0.2) is 35.2 Å². The molecule has 1 aromatic rings. The Morgan fingerprint density at radius 3 is 2.83 bits per heavy atom. The second-order valence-corrected chi connectivity index (χ2v) is 5.24. The zero-order valence-corrected chi connectivity index (χ0v) is 11.2. The topological polar surface area (TPSA) is 35.5 Å². The number of aromatic hydroxyl groups is 1. The number of phenols is 1. The lowest BCUT2D eigenvalue weighted by atomic mass is 10.0. The lowest BCUT2D eigenvalue weighted by Crippen LogP contribution is -2.54. The van der Waals surface area contributed by atoms with Gasteiger partial charge in [0.25, 0.3) is 0 Å². The zero-order chi connectivity index (χ0) is 13.3. The normalized spacial score (nSPS) is 27.1. The van der Waals surface area contributed by atoms with Gasteiger partial charge >= 0.3 is 0 Å². The predicted molar refractivity (Wildman–Crippen MR) is 70.1 cm³/mol. The summed E-state index contributed by atoms with van der Waals surface area (Å²) in [5, 5.41) is 12.7. The van der Waals surface area contributed by atoms with E-state index in [1.54, 1.807) is 12.1 Å². The fourth-order valence-corrected chi connectivity index (χ4v) is 2.62. The molecule has 0 radical (unpaired) electrons. The number of hydrogen-bond donors (Lipinski definition) is 2. The van der Waals surface area contributed by atoms with Crippen LogP contribution in [0.4, 0.5) is 4.39 Å². The molecule has 3 unspecified atom stereocenters. The lowest BCUT2D eigenvalue weighted by Gasteiger charge is -2.41. The van der Waals surface area contributed by atoms with Crippen molar-refractivity contribution in [2.75, 3.05) is 13.1 Å². The molecule has 100 valence electrons. The van der Waals surface area contributed by atoms with Crippen LogP contribution in [0.25, 0.3) is 0 Å². The second kappa shape index (κ2) is 5.24. The van der Waals surface area contributed by atoms with E-state index in [1.165, 1.54) is 6.07 Å². The molecular formula is C14H21FN2O. The first-order chi connectivity index (χ1) is 8.49. The van der Waals surface area contributed by atoms with Gasteiger partial charge < -0.3 is 10.4 Å². The molecule has 0 bridgehead atoms. The van der Waals surface area contributed by atoms with Crippen molar-refractivity contribution in [1.29, 1.82) is 0 Å². The van der Waals surface area contributed by atoms with Crippen LogP contribution in [0.2, 0.25) is 0 Å². The number of nitrogens with one attached hydrogen (secondary N) is 1. The van der Waals surface area contributed by atoms with E-state index in [9.17, 15) is 9.50 Å². The third-order valence-corrected chi connectivity index (χ3v) is 3.74. The van der Waals surface area contributed by atoms with Crippen molar-refractivity contribution in [3.05, 3.63) is 29.6 Å². The largest absolute Gasteiger partial charge is 0.508 e. The maximum Gasteiger partial charge on any atom is 0.131 e. The highest BCUT2D eigenvalue weighted by molar-refractivity contribution is 5.29. The fourth-order valence-electron chi connectivity index (χ4n) is 2.62. The summed E-state index contributed by atoms with van der Waals surface area (Å²) < 4.78 is 13.9. The number of piperazine rings is 1. The monoisotopic (exact) mass is 252 g/mol. The molecule has 2 rings (SSSR count). The summed E-state index contributed by atoms with van der Waals surface area (Å²) in [6.07, 6.45) is 0. The molecule has 3 nitrogen and oxygen atoms in total. The van der Waals surface area contributed by atoms with Crippen molar-refractivity contribution >= 4 is 0 Å². The van der Waals surface area contributed by atoms with Gasteiger partial charge in [0.05, 0.1) is 0 Å².